The summed E-state index contributed by atoms with van der Waals surface area (Å²) in [4.78, 5) is 10.7. The normalized spacial score (nSPS) is 14.1. The van der Waals surface area contributed by atoms with Gasteiger partial charge in [-0.25, -0.2) is 0 Å². The maximum atomic E-state index is 10.7. The Labute approximate surface area is 119 Å². The number of benzene rings is 1. The van der Waals surface area contributed by atoms with E-state index in [-0.39, 0.29) is 28.1 Å². The molecule has 1 aromatic rings. The van der Waals surface area contributed by atoms with Crippen LogP contribution in [0.1, 0.15) is 18.6 Å². The molecule has 2 atom stereocenters. The highest BCUT2D eigenvalue weighted by atomic mass is 35.5. The van der Waals surface area contributed by atoms with Crippen LogP contribution in [0.2, 0.25) is 15.1 Å². The van der Waals surface area contributed by atoms with E-state index in [1.165, 1.54) is 19.1 Å². The van der Waals surface area contributed by atoms with Crippen molar-refractivity contribution in [2.75, 3.05) is 6.54 Å². The van der Waals surface area contributed by atoms with Crippen LogP contribution in [0.5, 0.6) is 0 Å². The van der Waals surface area contributed by atoms with Gasteiger partial charge in [0, 0.05) is 34.1 Å². The Kier molecular flexibility index (Phi) is 5.69. The first-order chi connectivity index (χ1) is 8.32. The van der Waals surface area contributed by atoms with Gasteiger partial charge in [-0.3, -0.25) is 4.79 Å². The second kappa shape index (κ2) is 6.59. The lowest BCUT2D eigenvalue weighted by atomic mass is 10.0. The molecule has 0 bridgehead atoms. The quantitative estimate of drug-likeness (QED) is 0.798. The van der Waals surface area contributed by atoms with Crippen LogP contribution in [0.4, 0.5) is 0 Å². The molecule has 0 heterocycles. The van der Waals surface area contributed by atoms with Crippen LogP contribution in [0, 0.1) is 0 Å². The number of hydrogen-bond acceptors (Lipinski definition) is 3. The number of carbonyl (C=O) groups is 1. The minimum absolute atomic E-state index is 0.105. The Hall–Kier alpha value is -0.520. The van der Waals surface area contributed by atoms with E-state index in [4.69, 9.17) is 34.8 Å². The summed E-state index contributed by atoms with van der Waals surface area (Å²) in [7, 11) is 0. The summed E-state index contributed by atoms with van der Waals surface area (Å²) in [5, 5.41) is 22.7. The maximum Gasteiger partial charge on any atom is 0.216 e. The number of aliphatic hydroxyl groups is 2. The molecule has 1 amide bonds. The van der Waals surface area contributed by atoms with E-state index >= 15 is 0 Å². The molecule has 4 nitrogen and oxygen atoms in total. The average Bonchev–Trinajstić information content (AvgIpc) is 2.24. The number of hydrogen-bond donors (Lipinski definition) is 3. The molecule has 18 heavy (non-hydrogen) atoms. The Morgan fingerprint density at radius 1 is 1.28 bits per heavy atom. The monoisotopic (exact) mass is 311 g/mol. The zero-order valence-electron chi connectivity index (χ0n) is 9.45. The van der Waals surface area contributed by atoms with Crippen LogP contribution in [-0.4, -0.2) is 28.8 Å². The first kappa shape index (κ1) is 15.5. The number of rotatable bonds is 4. The Balaban J connectivity index is 2.89. The molecule has 1 aromatic carbocycles. The molecule has 0 aliphatic carbocycles. The minimum atomic E-state index is -1.31. The fraction of sp³-hybridized carbons (Fsp3) is 0.364. The second-order valence-corrected chi connectivity index (χ2v) is 4.98. The largest absolute Gasteiger partial charge is 0.388 e. The molecule has 0 radical (unpaired) electrons. The fourth-order valence-corrected chi connectivity index (χ4v) is 2.43. The molecule has 0 aliphatic rings. The third kappa shape index (κ3) is 4.00. The van der Waals surface area contributed by atoms with Crippen LogP contribution < -0.4 is 5.32 Å². The van der Waals surface area contributed by atoms with Crippen LogP contribution in [0.3, 0.4) is 0 Å². The summed E-state index contributed by atoms with van der Waals surface area (Å²) in [6.07, 6.45) is -2.53. The average molecular weight is 313 g/mol. The van der Waals surface area contributed by atoms with Gasteiger partial charge in [-0.15, -0.1) is 0 Å². The molecule has 1 rings (SSSR count). The number of halogens is 3. The molecule has 0 aromatic heterocycles. The van der Waals surface area contributed by atoms with Crippen molar-refractivity contribution in [1.82, 2.24) is 5.32 Å². The van der Waals surface area contributed by atoms with Gasteiger partial charge in [0.2, 0.25) is 5.91 Å². The smallest absolute Gasteiger partial charge is 0.216 e. The molecule has 0 fully saturated rings. The maximum absolute atomic E-state index is 10.7. The van der Waals surface area contributed by atoms with E-state index in [1.807, 2.05) is 0 Å². The van der Waals surface area contributed by atoms with Crippen molar-refractivity contribution in [3.05, 3.63) is 32.8 Å². The van der Waals surface area contributed by atoms with E-state index in [1.54, 1.807) is 0 Å². The molecule has 7 heteroatoms. The van der Waals surface area contributed by atoms with Gasteiger partial charge in [0.1, 0.15) is 12.2 Å². The highest BCUT2D eigenvalue weighted by molar-refractivity contribution is 6.39. The van der Waals surface area contributed by atoms with Gasteiger partial charge in [-0.05, 0) is 12.1 Å². The van der Waals surface area contributed by atoms with Crippen molar-refractivity contribution >= 4 is 40.7 Å². The molecule has 2 unspecified atom stereocenters. The lowest BCUT2D eigenvalue weighted by molar-refractivity contribution is -0.119. The predicted molar refractivity (Wildman–Crippen MR) is 71.1 cm³/mol. The Morgan fingerprint density at radius 3 is 2.22 bits per heavy atom. The van der Waals surface area contributed by atoms with Crippen molar-refractivity contribution in [2.24, 2.45) is 0 Å². The molecule has 0 saturated carbocycles. The van der Waals surface area contributed by atoms with Crippen molar-refractivity contribution in [3.63, 3.8) is 0 Å². The third-order valence-electron chi connectivity index (χ3n) is 2.26. The molecule has 0 aliphatic heterocycles. The summed E-state index contributed by atoms with van der Waals surface area (Å²) in [5.41, 5.74) is 0.181. The number of nitrogens with one attached hydrogen (secondary N) is 1. The predicted octanol–water partition coefficient (Wildman–Crippen LogP) is 2.18. The van der Waals surface area contributed by atoms with Gasteiger partial charge in [0.15, 0.2) is 0 Å². The highest BCUT2D eigenvalue weighted by Crippen LogP contribution is 2.34. The van der Waals surface area contributed by atoms with Crippen LogP contribution in [0.15, 0.2) is 12.1 Å². The van der Waals surface area contributed by atoms with Crippen molar-refractivity contribution < 1.29 is 15.0 Å². The lowest BCUT2D eigenvalue weighted by Gasteiger charge is -2.20. The van der Waals surface area contributed by atoms with Gasteiger partial charge in [-0.1, -0.05) is 34.8 Å². The summed E-state index contributed by atoms with van der Waals surface area (Å²) in [6, 6.07) is 2.83. The number of amides is 1. The lowest BCUT2D eigenvalue weighted by Crippen LogP contribution is -2.34. The molecule has 0 saturated heterocycles. The van der Waals surface area contributed by atoms with Crippen LogP contribution >= 0.6 is 34.8 Å². The molecule has 3 N–H and O–H groups in total. The second-order valence-electron chi connectivity index (χ2n) is 3.73. The zero-order valence-corrected chi connectivity index (χ0v) is 11.7. The Bertz CT molecular complexity index is 430. The summed E-state index contributed by atoms with van der Waals surface area (Å²) < 4.78 is 0. The third-order valence-corrected chi connectivity index (χ3v) is 3.11. The van der Waals surface area contributed by atoms with E-state index in [0.717, 1.165) is 0 Å². The fourth-order valence-electron chi connectivity index (χ4n) is 1.39. The van der Waals surface area contributed by atoms with Gasteiger partial charge < -0.3 is 15.5 Å². The standard InChI is InChI=1S/C11H12Cl3NO3/c1-5(16)15-4-9(17)11(18)10-7(13)2-6(12)3-8(10)14/h2-3,9,11,17-18H,4H2,1H3,(H,15,16). The van der Waals surface area contributed by atoms with E-state index < -0.39 is 12.2 Å². The van der Waals surface area contributed by atoms with Gasteiger partial charge >= 0.3 is 0 Å². The molecular weight excluding hydrogens is 300 g/mol. The van der Waals surface area contributed by atoms with E-state index in [9.17, 15) is 15.0 Å². The first-order valence-electron chi connectivity index (χ1n) is 5.08. The van der Waals surface area contributed by atoms with Gasteiger partial charge in [0.05, 0.1) is 0 Å². The van der Waals surface area contributed by atoms with E-state index in [2.05, 4.69) is 5.32 Å². The molecular formula is C11H12Cl3NO3. The van der Waals surface area contributed by atoms with Gasteiger partial charge in [0.25, 0.3) is 0 Å². The Morgan fingerprint density at radius 2 is 1.78 bits per heavy atom. The van der Waals surface area contributed by atoms with Gasteiger partial charge in [-0.2, -0.15) is 0 Å². The molecule has 100 valence electrons. The summed E-state index contributed by atoms with van der Waals surface area (Å²) in [5.74, 6) is -0.311. The van der Waals surface area contributed by atoms with Crippen LogP contribution in [0.25, 0.3) is 0 Å². The van der Waals surface area contributed by atoms with E-state index in [0.29, 0.717) is 5.02 Å². The summed E-state index contributed by atoms with van der Waals surface area (Å²) in [6.45, 7) is 1.20. The molecule has 0 spiro atoms. The van der Waals surface area contributed by atoms with Crippen molar-refractivity contribution in [2.45, 2.75) is 19.1 Å². The summed E-state index contributed by atoms with van der Waals surface area (Å²) >= 11 is 17.6. The SMILES string of the molecule is CC(=O)NCC(O)C(O)c1c(Cl)cc(Cl)cc1Cl. The minimum Gasteiger partial charge on any atom is -0.388 e. The number of carbonyl (C=O) groups excluding carboxylic acids is 1. The first-order valence-corrected chi connectivity index (χ1v) is 6.21. The number of aliphatic hydroxyl groups excluding tert-OH is 2. The van der Waals surface area contributed by atoms with Crippen LogP contribution in [-0.2, 0) is 4.79 Å². The highest BCUT2D eigenvalue weighted by Gasteiger charge is 2.24. The van der Waals surface area contributed by atoms with Crippen molar-refractivity contribution in [1.29, 1.82) is 0 Å². The zero-order chi connectivity index (χ0) is 13.9. The van der Waals surface area contributed by atoms with Crippen molar-refractivity contribution in [3.8, 4) is 0 Å². The topological polar surface area (TPSA) is 69.6 Å².